The SMILES string of the molecule is CCc1cc(C(=O)O)cc(Nc2ccc(F)cc2Br)n1. The van der Waals surface area contributed by atoms with Gasteiger partial charge in [-0.25, -0.2) is 14.2 Å². The van der Waals surface area contributed by atoms with E-state index < -0.39 is 5.97 Å². The molecule has 6 heteroatoms. The summed E-state index contributed by atoms with van der Waals surface area (Å²) >= 11 is 3.24. The van der Waals surface area contributed by atoms with Crippen LogP contribution in [-0.4, -0.2) is 16.1 Å². The molecule has 2 aromatic rings. The Balaban J connectivity index is 2.37. The highest BCUT2D eigenvalue weighted by atomic mass is 79.9. The van der Waals surface area contributed by atoms with Crippen LogP contribution in [0, 0.1) is 5.82 Å². The molecule has 0 aliphatic rings. The summed E-state index contributed by atoms with van der Waals surface area (Å²) in [5, 5.41) is 12.1. The van der Waals surface area contributed by atoms with Gasteiger partial charge < -0.3 is 10.4 Å². The van der Waals surface area contributed by atoms with Gasteiger partial charge in [-0.15, -0.1) is 0 Å². The van der Waals surface area contributed by atoms with Gasteiger partial charge in [0, 0.05) is 10.2 Å². The largest absolute Gasteiger partial charge is 0.478 e. The van der Waals surface area contributed by atoms with Crippen LogP contribution in [0.5, 0.6) is 0 Å². The minimum atomic E-state index is -1.01. The molecule has 104 valence electrons. The van der Waals surface area contributed by atoms with E-state index in [1.807, 2.05) is 6.92 Å². The molecule has 20 heavy (non-hydrogen) atoms. The van der Waals surface area contributed by atoms with Gasteiger partial charge in [-0.2, -0.15) is 0 Å². The summed E-state index contributed by atoms with van der Waals surface area (Å²) in [7, 11) is 0. The summed E-state index contributed by atoms with van der Waals surface area (Å²) in [6.45, 7) is 1.89. The number of anilines is 2. The molecule has 0 saturated heterocycles. The van der Waals surface area contributed by atoms with Crippen molar-refractivity contribution in [2.75, 3.05) is 5.32 Å². The van der Waals surface area contributed by atoms with Crippen LogP contribution in [0.2, 0.25) is 0 Å². The van der Waals surface area contributed by atoms with E-state index in [4.69, 9.17) is 5.11 Å². The molecule has 0 aliphatic heterocycles. The van der Waals surface area contributed by atoms with Crippen LogP contribution >= 0.6 is 15.9 Å². The van der Waals surface area contributed by atoms with Crippen molar-refractivity contribution in [1.82, 2.24) is 4.98 Å². The topological polar surface area (TPSA) is 62.2 Å². The van der Waals surface area contributed by atoms with E-state index in [1.165, 1.54) is 24.3 Å². The monoisotopic (exact) mass is 338 g/mol. The Kier molecular flexibility index (Phi) is 4.34. The number of carboxylic acid groups (broad SMARTS) is 1. The number of hydrogen-bond acceptors (Lipinski definition) is 3. The van der Waals surface area contributed by atoms with Crippen LogP contribution in [0.3, 0.4) is 0 Å². The minimum absolute atomic E-state index is 0.164. The maximum Gasteiger partial charge on any atom is 0.335 e. The Morgan fingerprint density at radius 3 is 2.75 bits per heavy atom. The Labute approximate surface area is 123 Å². The zero-order chi connectivity index (χ0) is 14.7. The summed E-state index contributed by atoms with van der Waals surface area (Å²) in [5.41, 5.74) is 1.45. The normalized spacial score (nSPS) is 10.3. The molecule has 0 bridgehead atoms. The van der Waals surface area contributed by atoms with Gasteiger partial charge in [0.1, 0.15) is 11.6 Å². The number of nitrogens with one attached hydrogen (secondary N) is 1. The third kappa shape index (κ3) is 3.33. The van der Waals surface area contributed by atoms with E-state index in [9.17, 15) is 9.18 Å². The van der Waals surface area contributed by atoms with E-state index in [-0.39, 0.29) is 11.4 Å². The summed E-state index contributed by atoms with van der Waals surface area (Å²) in [4.78, 5) is 15.4. The molecule has 1 aromatic carbocycles. The molecular formula is C14H12BrFN2O2. The zero-order valence-electron chi connectivity index (χ0n) is 10.7. The molecule has 1 heterocycles. The van der Waals surface area contributed by atoms with Crippen LogP contribution in [0.15, 0.2) is 34.8 Å². The number of carbonyl (C=O) groups is 1. The van der Waals surface area contributed by atoms with Crippen molar-refractivity contribution in [3.8, 4) is 0 Å². The van der Waals surface area contributed by atoms with Crippen LogP contribution < -0.4 is 5.32 Å². The Hall–Kier alpha value is -1.95. The first-order chi connectivity index (χ1) is 9.49. The first-order valence-electron chi connectivity index (χ1n) is 5.96. The van der Waals surface area contributed by atoms with Gasteiger partial charge in [0.15, 0.2) is 0 Å². The summed E-state index contributed by atoms with van der Waals surface area (Å²) < 4.78 is 13.6. The van der Waals surface area contributed by atoms with Gasteiger partial charge in [0.05, 0.1) is 11.3 Å². The Bertz CT molecular complexity index is 662. The average molecular weight is 339 g/mol. The van der Waals surface area contributed by atoms with Crippen molar-refractivity contribution in [2.45, 2.75) is 13.3 Å². The summed E-state index contributed by atoms with van der Waals surface area (Å²) in [6.07, 6.45) is 0.625. The zero-order valence-corrected chi connectivity index (χ0v) is 12.2. The minimum Gasteiger partial charge on any atom is -0.478 e. The van der Waals surface area contributed by atoms with Crippen molar-refractivity contribution in [3.63, 3.8) is 0 Å². The first kappa shape index (κ1) is 14.5. The molecular weight excluding hydrogens is 327 g/mol. The van der Waals surface area contributed by atoms with Gasteiger partial charge in [-0.05, 0) is 52.7 Å². The number of aryl methyl sites for hydroxylation is 1. The summed E-state index contributed by atoms with van der Waals surface area (Å²) in [6, 6.07) is 7.17. The summed E-state index contributed by atoms with van der Waals surface area (Å²) in [5.74, 6) is -0.957. The lowest BCUT2D eigenvalue weighted by molar-refractivity contribution is 0.0696. The lowest BCUT2D eigenvalue weighted by Gasteiger charge is -2.10. The number of pyridine rings is 1. The van der Waals surface area contributed by atoms with Gasteiger partial charge in [0.2, 0.25) is 0 Å². The second-order valence-corrected chi connectivity index (χ2v) is 4.99. The fourth-order valence-corrected chi connectivity index (χ4v) is 2.14. The van der Waals surface area contributed by atoms with Crippen molar-refractivity contribution in [1.29, 1.82) is 0 Å². The number of nitrogens with zero attached hydrogens (tertiary/aromatic N) is 1. The lowest BCUT2D eigenvalue weighted by atomic mass is 10.2. The second kappa shape index (κ2) is 6.00. The number of aromatic carboxylic acids is 1. The molecule has 2 N–H and O–H groups in total. The fraction of sp³-hybridized carbons (Fsp3) is 0.143. The predicted octanol–water partition coefficient (Wildman–Crippen LogP) is 3.99. The highest BCUT2D eigenvalue weighted by molar-refractivity contribution is 9.10. The quantitative estimate of drug-likeness (QED) is 0.884. The molecule has 4 nitrogen and oxygen atoms in total. The number of hydrogen-bond donors (Lipinski definition) is 2. The van der Waals surface area contributed by atoms with Crippen molar-refractivity contribution in [3.05, 3.63) is 51.9 Å². The van der Waals surface area contributed by atoms with Crippen LogP contribution in [0.4, 0.5) is 15.9 Å². The maximum absolute atomic E-state index is 13.0. The third-order valence-electron chi connectivity index (χ3n) is 2.68. The number of benzene rings is 1. The number of rotatable bonds is 4. The highest BCUT2D eigenvalue weighted by Gasteiger charge is 2.09. The van der Waals surface area contributed by atoms with E-state index in [0.29, 0.717) is 28.1 Å². The van der Waals surface area contributed by atoms with Crippen LogP contribution in [-0.2, 0) is 6.42 Å². The molecule has 0 unspecified atom stereocenters. The third-order valence-corrected chi connectivity index (χ3v) is 3.34. The molecule has 0 atom stereocenters. The lowest BCUT2D eigenvalue weighted by Crippen LogP contribution is -2.03. The van der Waals surface area contributed by atoms with Crippen molar-refractivity contribution >= 4 is 33.4 Å². The van der Waals surface area contributed by atoms with Crippen molar-refractivity contribution < 1.29 is 14.3 Å². The van der Waals surface area contributed by atoms with Crippen molar-refractivity contribution in [2.24, 2.45) is 0 Å². The van der Waals surface area contributed by atoms with Gasteiger partial charge in [0.25, 0.3) is 0 Å². The van der Waals surface area contributed by atoms with Gasteiger partial charge >= 0.3 is 5.97 Å². The Morgan fingerprint density at radius 1 is 1.40 bits per heavy atom. The van der Waals surface area contributed by atoms with Gasteiger partial charge in [-0.3, -0.25) is 0 Å². The van der Waals surface area contributed by atoms with Crippen LogP contribution in [0.25, 0.3) is 0 Å². The molecule has 2 rings (SSSR count). The molecule has 0 radical (unpaired) electrons. The molecule has 1 aromatic heterocycles. The predicted molar refractivity (Wildman–Crippen MR) is 78.0 cm³/mol. The molecule has 0 spiro atoms. The fourth-order valence-electron chi connectivity index (χ4n) is 1.69. The highest BCUT2D eigenvalue weighted by Crippen LogP contribution is 2.26. The average Bonchev–Trinajstić information content (AvgIpc) is 2.41. The second-order valence-electron chi connectivity index (χ2n) is 4.14. The van der Waals surface area contributed by atoms with E-state index in [2.05, 4.69) is 26.2 Å². The van der Waals surface area contributed by atoms with E-state index >= 15 is 0 Å². The van der Waals surface area contributed by atoms with Crippen LogP contribution in [0.1, 0.15) is 23.0 Å². The first-order valence-corrected chi connectivity index (χ1v) is 6.75. The smallest absolute Gasteiger partial charge is 0.335 e. The maximum atomic E-state index is 13.0. The number of carboxylic acids is 1. The number of aromatic nitrogens is 1. The van der Waals surface area contributed by atoms with E-state index in [0.717, 1.165) is 0 Å². The standard InChI is InChI=1S/C14H12BrFN2O2/c1-2-10-5-8(14(19)20)6-13(17-10)18-12-4-3-9(16)7-11(12)15/h3-7H,2H2,1H3,(H,17,18)(H,19,20). The molecule has 0 saturated carbocycles. The van der Waals surface area contributed by atoms with E-state index in [1.54, 1.807) is 6.07 Å². The number of halogens is 2. The Morgan fingerprint density at radius 2 is 2.15 bits per heavy atom. The molecule has 0 aliphatic carbocycles. The molecule has 0 fully saturated rings. The molecule has 0 amide bonds. The van der Waals surface area contributed by atoms with Gasteiger partial charge in [-0.1, -0.05) is 6.92 Å².